The summed E-state index contributed by atoms with van der Waals surface area (Å²) in [6, 6.07) is 20.8. The highest BCUT2D eigenvalue weighted by molar-refractivity contribution is 5.91. The molecule has 1 N–H and O–H groups in total. The molecular formula is C20H21NO. The zero-order valence-corrected chi connectivity index (χ0v) is 12.7. The molecule has 2 saturated carbocycles. The van der Waals surface area contributed by atoms with Crippen LogP contribution < -0.4 is 5.32 Å². The van der Waals surface area contributed by atoms with Gasteiger partial charge < -0.3 is 5.32 Å². The van der Waals surface area contributed by atoms with Gasteiger partial charge in [-0.15, -0.1) is 0 Å². The first kappa shape index (κ1) is 13.6. The Morgan fingerprint density at radius 3 is 1.86 bits per heavy atom. The molecule has 2 aromatic rings. The zero-order chi connectivity index (χ0) is 15.0. The van der Waals surface area contributed by atoms with Crippen LogP contribution in [-0.2, 0) is 15.6 Å². The van der Waals surface area contributed by atoms with Crippen molar-refractivity contribution in [1.29, 1.82) is 0 Å². The Hall–Kier alpha value is -2.09. The van der Waals surface area contributed by atoms with Gasteiger partial charge in [0.1, 0.15) is 0 Å². The van der Waals surface area contributed by atoms with Crippen molar-refractivity contribution in [1.82, 2.24) is 5.32 Å². The second-order valence-corrected chi connectivity index (χ2v) is 6.78. The Morgan fingerprint density at radius 2 is 1.36 bits per heavy atom. The lowest BCUT2D eigenvalue weighted by atomic mass is 9.93. The summed E-state index contributed by atoms with van der Waals surface area (Å²) in [6.07, 6.45) is 4.30. The Kier molecular flexibility index (Phi) is 3.07. The molecule has 112 valence electrons. The van der Waals surface area contributed by atoms with Crippen molar-refractivity contribution in [3.05, 3.63) is 71.8 Å². The van der Waals surface area contributed by atoms with Crippen LogP contribution in [0.3, 0.4) is 0 Å². The number of rotatable bonds is 5. The molecular weight excluding hydrogens is 270 g/mol. The van der Waals surface area contributed by atoms with Crippen LogP contribution in [0.1, 0.15) is 36.8 Å². The number of carbonyl (C=O) groups excluding carboxylic acids is 1. The third-order valence-electron chi connectivity index (χ3n) is 5.34. The van der Waals surface area contributed by atoms with Gasteiger partial charge >= 0.3 is 0 Å². The van der Waals surface area contributed by atoms with Gasteiger partial charge in [-0.3, -0.25) is 4.79 Å². The first-order chi connectivity index (χ1) is 10.8. The minimum absolute atomic E-state index is 0.184. The van der Waals surface area contributed by atoms with Crippen LogP contribution in [0.25, 0.3) is 0 Å². The van der Waals surface area contributed by atoms with Crippen LogP contribution in [0.2, 0.25) is 0 Å². The average Bonchev–Trinajstić information content (AvgIpc) is 3.49. The van der Waals surface area contributed by atoms with E-state index in [1.807, 2.05) is 24.3 Å². The second-order valence-electron chi connectivity index (χ2n) is 6.78. The van der Waals surface area contributed by atoms with Crippen LogP contribution >= 0.6 is 0 Å². The lowest BCUT2D eigenvalue weighted by Gasteiger charge is -2.20. The number of carbonyl (C=O) groups is 1. The van der Waals surface area contributed by atoms with Gasteiger partial charge in [-0.2, -0.15) is 0 Å². The van der Waals surface area contributed by atoms with Crippen molar-refractivity contribution in [2.24, 2.45) is 0 Å². The monoisotopic (exact) mass is 291 g/mol. The number of hydrogen-bond donors (Lipinski definition) is 1. The maximum Gasteiger partial charge on any atom is 0.230 e. The van der Waals surface area contributed by atoms with Crippen molar-refractivity contribution < 1.29 is 4.79 Å². The SMILES string of the molecule is O=C(NCC1(c2ccccc2)CC1)C1(c2ccccc2)CC1. The summed E-state index contributed by atoms with van der Waals surface area (Å²) in [5, 5.41) is 3.25. The van der Waals surface area contributed by atoms with Gasteiger partial charge in [-0.25, -0.2) is 0 Å². The molecule has 0 aromatic heterocycles. The van der Waals surface area contributed by atoms with E-state index in [1.165, 1.54) is 18.4 Å². The van der Waals surface area contributed by atoms with Gasteiger partial charge in [-0.1, -0.05) is 60.7 Å². The van der Waals surface area contributed by atoms with Gasteiger partial charge in [0.2, 0.25) is 5.91 Å². The van der Waals surface area contributed by atoms with E-state index in [9.17, 15) is 4.79 Å². The van der Waals surface area contributed by atoms with Crippen molar-refractivity contribution >= 4 is 5.91 Å². The molecule has 4 rings (SSSR count). The van der Waals surface area contributed by atoms with Crippen molar-refractivity contribution in [3.8, 4) is 0 Å². The summed E-state index contributed by atoms with van der Waals surface area (Å²) < 4.78 is 0. The first-order valence-electron chi connectivity index (χ1n) is 8.15. The van der Waals surface area contributed by atoms with E-state index in [4.69, 9.17) is 0 Å². The number of hydrogen-bond acceptors (Lipinski definition) is 1. The van der Waals surface area contributed by atoms with Crippen molar-refractivity contribution in [3.63, 3.8) is 0 Å². The topological polar surface area (TPSA) is 29.1 Å². The molecule has 1 amide bonds. The molecule has 22 heavy (non-hydrogen) atoms. The minimum atomic E-state index is -0.256. The van der Waals surface area contributed by atoms with Crippen LogP contribution in [0, 0.1) is 0 Å². The van der Waals surface area contributed by atoms with Crippen molar-refractivity contribution in [2.75, 3.05) is 6.54 Å². The van der Waals surface area contributed by atoms with E-state index in [0.29, 0.717) is 0 Å². The molecule has 0 spiro atoms. The Bertz CT molecular complexity index is 669. The second kappa shape index (κ2) is 4.98. The molecule has 0 radical (unpaired) electrons. The molecule has 2 aliphatic carbocycles. The van der Waals surface area contributed by atoms with E-state index in [1.54, 1.807) is 0 Å². The van der Waals surface area contributed by atoms with Crippen LogP contribution in [0.4, 0.5) is 0 Å². The van der Waals surface area contributed by atoms with Gasteiger partial charge in [-0.05, 0) is 36.8 Å². The van der Waals surface area contributed by atoms with Crippen LogP contribution in [0.5, 0.6) is 0 Å². The van der Waals surface area contributed by atoms with E-state index >= 15 is 0 Å². The third kappa shape index (κ3) is 2.23. The maximum atomic E-state index is 12.7. The summed E-state index contributed by atoms with van der Waals surface area (Å²) >= 11 is 0. The summed E-state index contributed by atoms with van der Waals surface area (Å²) in [6.45, 7) is 0.768. The fourth-order valence-electron chi connectivity index (χ4n) is 3.46. The standard InChI is InChI=1S/C20H21NO/c22-18(20(13-14-20)17-9-5-2-6-10-17)21-15-19(11-12-19)16-7-3-1-4-8-16/h1-10H,11-15H2,(H,21,22). The molecule has 2 nitrogen and oxygen atoms in total. The molecule has 2 heteroatoms. The molecule has 0 unspecified atom stereocenters. The molecule has 0 atom stereocenters. The van der Waals surface area contributed by atoms with Gasteiger partial charge in [0.25, 0.3) is 0 Å². The summed E-state index contributed by atoms with van der Waals surface area (Å²) in [7, 11) is 0. The lowest BCUT2D eigenvalue weighted by Crippen LogP contribution is -2.39. The van der Waals surface area contributed by atoms with E-state index in [0.717, 1.165) is 24.9 Å². The molecule has 0 saturated heterocycles. The van der Waals surface area contributed by atoms with Crippen LogP contribution in [-0.4, -0.2) is 12.5 Å². The summed E-state index contributed by atoms with van der Waals surface area (Å²) in [5.74, 6) is 0.209. The van der Waals surface area contributed by atoms with E-state index < -0.39 is 0 Å². The Morgan fingerprint density at radius 1 is 0.818 bits per heavy atom. The number of nitrogens with one attached hydrogen (secondary N) is 1. The average molecular weight is 291 g/mol. The maximum absolute atomic E-state index is 12.7. The highest BCUT2D eigenvalue weighted by atomic mass is 16.2. The quantitative estimate of drug-likeness (QED) is 0.896. The number of amides is 1. The zero-order valence-electron chi connectivity index (χ0n) is 12.7. The Labute approximate surface area is 131 Å². The largest absolute Gasteiger partial charge is 0.354 e. The van der Waals surface area contributed by atoms with E-state index in [-0.39, 0.29) is 16.7 Å². The van der Waals surface area contributed by atoms with Crippen molar-refractivity contribution in [2.45, 2.75) is 36.5 Å². The first-order valence-corrected chi connectivity index (χ1v) is 8.15. The predicted octanol–water partition coefficient (Wildman–Crippen LogP) is 3.57. The van der Waals surface area contributed by atoms with Gasteiger partial charge in [0.05, 0.1) is 5.41 Å². The third-order valence-corrected chi connectivity index (χ3v) is 5.34. The normalized spacial score (nSPS) is 20.2. The van der Waals surface area contributed by atoms with Gasteiger partial charge in [0, 0.05) is 12.0 Å². The van der Waals surface area contributed by atoms with Crippen LogP contribution in [0.15, 0.2) is 60.7 Å². The highest BCUT2D eigenvalue weighted by Crippen LogP contribution is 2.50. The smallest absolute Gasteiger partial charge is 0.230 e. The molecule has 0 heterocycles. The number of benzene rings is 2. The fraction of sp³-hybridized carbons (Fsp3) is 0.350. The molecule has 2 fully saturated rings. The molecule has 0 aliphatic heterocycles. The molecule has 2 aliphatic rings. The predicted molar refractivity (Wildman–Crippen MR) is 87.7 cm³/mol. The lowest BCUT2D eigenvalue weighted by molar-refractivity contribution is -0.123. The highest BCUT2D eigenvalue weighted by Gasteiger charge is 2.52. The minimum Gasteiger partial charge on any atom is -0.354 e. The molecule has 0 bridgehead atoms. The fourth-order valence-corrected chi connectivity index (χ4v) is 3.46. The summed E-state index contributed by atoms with van der Waals surface area (Å²) in [5.41, 5.74) is 2.45. The molecule has 2 aromatic carbocycles. The van der Waals surface area contributed by atoms with Gasteiger partial charge in [0.15, 0.2) is 0 Å². The Balaban J connectivity index is 1.46. The summed E-state index contributed by atoms with van der Waals surface area (Å²) in [4.78, 5) is 12.7. The van der Waals surface area contributed by atoms with E-state index in [2.05, 4.69) is 41.7 Å².